The highest BCUT2D eigenvalue weighted by molar-refractivity contribution is 6.00. The molecule has 8 heteroatoms. The van der Waals surface area contributed by atoms with Crippen molar-refractivity contribution in [1.82, 2.24) is 19.7 Å². The topological polar surface area (TPSA) is 91.3 Å². The Morgan fingerprint density at radius 3 is 2.76 bits per heavy atom. The molecule has 3 heterocycles. The number of rotatable bonds is 5. The van der Waals surface area contributed by atoms with Crippen molar-refractivity contribution in [3.63, 3.8) is 0 Å². The van der Waals surface area contributed by atoms with Crippen molar-refractivity contribution in [1.29, 1.82) is 0 Å². The van der Waals surface area contributed by atoms with E-state index in [2.05, 4.69) is 10.2 Å². The minimum atomic E-state index is -0.291. The normalized spacial score (nSPS) is 22.3. The summed E-state index contributed by atoms with van der Waals surface area (Å²) >= 11 is 0. The van der Waals surface area contributed by atoms with Gasteiger partial charge in [-0.1, -0.05) is 18.2 Å². The Balaban J connectivity index is 1.40. The summed E-state index contributed by atoms with van der Waals surface area (Å²) in [6, 6.07) is 9.52. The van der Waals surface area contributed by atoms with E-state index in [0.717, 1.165) is 30.9 Å². The van der Waals surface area contributed by atoms with Crippen molar-refractivity contribution >= 4 is 17.5 Å². The monoisotopic (exact) mass is 397 g/mol. The molecular weight excluding hydrogens is 370 g/mol. The fourth-order valence-corrected chi connectivity index (χ4v) is 4.51. The van der Waals surface area contributed by atoms with E-state index >= 15 is 0 Å². The molecule has 2 aromatic rings. The molecule has 2 unspecified atom stereocenters. The number of piperidine rings is 1. The molecule has 154 valence electrons. The predicted molar refractivity (Wildman–Crippen MR) is 108 cm³/mol. The zero-order valence-electron chi connectivity index (χ0n) is 16.7. The molecule has 0 saturated carbocycles. The van der Waals surface area contributed by atoms with Crippen molar-refractivity contribution in [2.45, 2.75) is 39.2 Å². The molecular formula is C21H27N5O3. The summed E-state index contributed by atoms with van der Waals surface area (Å²) in [5.41, 5.74) is 0.664. The molecule has 0 spiro atoms. The highest BCUT2D eigenvalue weighted by atomic mass is 16.2. The van der Waals surface area contributed by atoms with Crippen LogP contribution < -0.4 is 10.6 Å². The van der Waals surface area contributed by atoms with E-state index in [1.54, 1.807) is 9.47 Å². The molecule has 1 aromatic carbocycles. The second-order valence-corrected chi connectivity index (χ2v) is 7.93. The number of hydrogen-bond donors (Lipinski definition) is 1. The lowest BCUT2D eigenvalue weighted by atomic mass is 9.93. The summed E-state index contributed by atoms with van der Waals surface area (Å²) in [7, 11) is 0. The number of anilines is 1. The number of carbonyl (C=O) groups excluding carboxylic acids is 2. The van der Waals surface area contributed by atoms with Crippen LogP contribution in [-0.4, -0.2) is 51.1 Å². The first-order chi connectivity index (χ1) is 14.1. The number of carbonyl (C=O) groups is 2. The van der Waals surface area contributed by atoms with Crippen LogP contribution in [0.5, 0.6) is 0 Å². The van der Waals surface area contributed by atoms with E-state index in [-0.39, 0.29) is 35.8 Å². The number of para-hydroxylation sites is 1. The van der Waals surface area contributed by atoms with E-state index in [0.29, 0.717) is 26.1 Å². The lowest BCUT2D eigenvalue weighted by Crippen LogP contribution is -2.44. The van der Waals surface area contributed by atoms with Gasteiger partial charge in [0.15, 0.2) is 0 Å². The van der Waals surface area contributed by atoms with Gasteiger partial charge >= 0.3 is 5.69 Å². The number of H-pyrrole nitrogens is 1. The molecule has 0 radical (unpaired) electrons. The van der Waals surface area contributed by atoms with E-state index in [9.17, 15) is 14.4 Å². The average molecular weight is 397 g/mol. The van der Waals surface area contributed by atoms with E-state index in [1.807, 2.05) is 42.2 Å². The molecule has 0 bridgehead atoms. The first-order valence-electron chi connectivity index (χ1n) is 10.3. The van der Waals surface area contributed by atoms with Crippen LogP contribution in [-0.2, 0) is 22.6 Å². The van der Waals surface area contributed by atoms with Crippen LogP contribution in [0, 0.1) is 11.8 Å². The number of nitrogens with zero attached hydrogens (tertiary/aromatic N) is 4. The molecule has 0 aliphatic carbocycles. The number of amides is 2. The summed E-state index contributed by atoms with van der Waals surface area (Å²) in [5, 5.41) is 6.67. The quantitative estimate of drug-likeness (QED) is 0.826. The van der Waals surface area contributed by atoms with E-state index in [4.69, 9.17) is 0 Å². The van der Waals surface area contributed by atoms with Crippen LogP contribution in [0.25, 0.3) is 0 Å². The third kappa shape index (κ3) is 3.97. The fraction of sp³-hybridized carbons (Fsp3) is 0.524. The molecule has 2 atom stereocenters. The number of nitrogens with one attached hydrogen (secondary N) is 1. The van der Waals surface area contributed by atoms with E-state index < -0.39 is 0 Å². The lowest BCUT2D eigenvalue weighted by Gasteiger charge is -2.34. The fourth-order valence-electron chi connectivity index (χ4n) is 4.51. The van der Waals surface area contributed by atoms with Crippen LogP contribution in [0.15, 0.2) is 35.1 Å². The summed E-state index contributed by atoms with van der Waals surface area (Å²) in [5.74, 6) is 0.808. The Bertz CT molecular complexity index is 935. The largest absolute Gasteiger partial charge is 0.343 e. The van der Waals surface area contributed by atoms with Gasteiger partial charge in [0.25, 0.3) is 0 Å². The van der Waals surface area contributed by atoms with Gasteiger partial charge in [-0.05, 0) is 37.8 Å². The van der Waals surface area contributed by atoms with Crippen molar-refractivity contribution < 1.29 is 9.59 Å². The molecule has 2 fully saturated rings. The second-order valence-electron chi connectivity index (χ2n) is 7.93. The lowest BCUT2D eigenvalue weighted by molar-refractivity contribution is -0.137. The van der Waals surface area contributed by atoms with Crippen molar-refractivity contribution in [3.05, 3.63) is 46.6 Å². The van der Waals surface area contributed by atoms with Crippen LogP contribution in [0.3, 0.4) is 0 Å². The first kappa shape index (κ1) is 19.4. The molecule has 8 nitrogen and oxygen atoms in total. The molecule has 2 amide bonds. The summed E-state index contributed by atoms with van der Waals surface area (Å²) in [4.78, 5) is 41.0. The molecule has 2 saturated heterocycles. The van der Waals surface area contributed by atoms with Gasteiger partial charge in [0.2, 0.25) is 11.8 Å². The van der Waals surface area contributed by atoms with Gasteiger partial charge in [0, 0.05) is 44.7 Å². The number of likely N-dealkylation sites (tertiary alicyclic amines) is 1. The zero-order chi connectivity index (χ0) is 20.4. The number of benzene rings is 1. The SMILES string of the molecule is CCn1c(CC2CCCN(C(=O)C3CC(=O)N(c4ccccc4)C3)C2)n[nH]c1=O. The minimum absolute atomic E-state index is 0.00611. The van der Waals surface area contributed by atoms with Crippen molar-refractivity contribution in [3.8, 4) is 0 Å². The molecule has 1 aromatic heterocycles. The number of aromatic nitrogens is 3. The van der Waals surface area contributed by atoms with Gasteiger partial charge in [-0.2, -0.15) is 5.10 Å². The Morgan fingerprint density at radius 2 is 2.00 bits per heavy atom. The molecule has 4 rings (SSSR count). The van der Waals surface area contributed by atoms with Crippen LogP contribution >= 0.6 is 0 Å². The van der Waals surface area contributed by atoms with Crippen molar-refractivity contribution in [2.24, 2.45) is 11.8 Å². The summed E-state index contributed by atoms with van der Waals surface area (Å²) < 4.78 is 1.65. The maximum absolute atomic E-state index is 13.1. The third-order valence-corrected chi connectivity index (χ3v) is 6.00. The molecule has 2 aliphatic heterocycles. The molecule has 1 N–H and O–H groups in total. The molecule has 2 aliphatic rings. The molecule has 29 heavy (non-hydrogen) atoms. The number of aromatic amines is 1. The summed E-state index contributed by atoms with van der Waals surface area (Å²) in [6.45, 7) is 4.33. The Labute approximate surface area is 169 Å². The summed E-state index contributed by atoms with van der Waals surface area (Å²) in [6.07, 6.45) is 2.88. The van der Waals surface area contributed by atoms with Gasteiger partial charge in [0.05, 0.1) is 5.92 Å². The maximum atomic E-state index is 13.1. The van der Waals surface area contributed by atoms with Gasteiger partial charge in [-0.25, -0.2) is 9.89 Å². The third-order valence-electron chi connectivity index (χ3n) is 6.00. The van der Waals surface area contributed by atoms with Crippen LogP contribution in [0.1, 0.15) is 32.0 Å². The Hall–Kier alpha value is -2.90. The Kier molecular flexibility index (Phi) is 5.51. The zero-order valence-corrected chi connectivity index (χ0v) is 16.7. The van der Waals surface area contributed by atoms with Gasteiger partial charge in [0.1, 0.15) is 5.82 Å². The Morgan fingerprint density at radius 1 is 1.21 bits per heavy atom. The highest BCUT2D eigenvalue weighted by Crippen LogP contribution is 2.28. The highest BCUT2D eigenvalue weighted by Gasteiger charge is 2.38. The smallest absolute Gasteiger partial charge is 0.342 e. The van der Waals surface area contributed by atoms with Gasteiger partial charge in [-0.3, -0.25) is 14.2 Å². The number of hydrogen-bond acceptors (Lipinski definition) is 4. The van der Waals surface area contributed by atoms with Gasteiger partial charge in [-0.15, -0.1) is 0 Å². The predicted octanol–water partition coefficient (Wildman–Crippen LogP) is 1.43. The second kappa shape index (κ2) is 8.23. The minimum Gasteiger partial charge on any atom is -0.342 e. The van der Waals surface area contributed by atoms with E-state index in [1.165, 1.54) is 0 Å². The standard InChI is InChI=1S/C21H27N5O3/c1-2-25-18(22-23-21(25)29)11-15-7-6-10-24(13-15)20(28)16-12-19(27)26(14-16)17-8-4-3-5-9-17/h3-5,8-9,15-16H,2,6-7,10-14H2,1H3,(H,23,29). The van der Waals surface area contributed by atoms with Crippen LogP contribution in [0.4, 0.5) is 5.69 Å². The maximum Gasteiger partial charge on any atom is 0.343 e. The van der Waals surface area contributed by atoms with Crippen molar-refractivity contribution in [2.75, 3.05) is 24.5 Å². The average Bonchev–Trinajstić information content (AvgIpc) is 3.30. The van der Waals surface area contributed by atoms with Gasteiger partial charge < -0.3 is 9.80 Å². The first-order valence-corrected chi connectivity index (χ1v) is 10.3. The van der Waals surface area contributed by atoms with Crippen LogP contribution in [0.2, 0.25) is 0 Å².